The molecule has 0 saturated carbocycles. The van der Waals surface area contributed by atoms with E-state index >= 15 is 0 Å². The lowest BCUT2D eigenvalue weighted by atomic mass is 9.92. The number of carbonyl (C=O) groups excluding carboxylic acids is 1. The first kappa shape index (κ1) is 19.2. The lowest BCUT2D eigenvalue weighted by molar-refractivity contribution is -0.128. The summed E-state index contributed by atoms with van der Waals surface area (Å²) in [6, 6.07) is 15.7. The second-order valence-electron chi connectivity index (χ2n) is 7.25. The molecular weight excluding hydrogens is 366 g/mol. The molecule has 0 saturated heterocycles. The van der Waals surface area contributed by atoms with Crippen LogP contribution < -0.4 is 10.1 Å². The number of aromatic nitrogens is 2. The lowest BCUT2D eigenvalue weighted by Gasteiger charge is -2.20. The number of aryl methyl sites for hydroxylation is 2. The van der Waals surface area contributed by atoms with Crippen LogP contribution in [-0.2, 0) is 24.2 Å². The third-order valence-electron chi connectivity index (χ3n) is 5.18. The van der Waals surface area contributed by atoms with Gasteiger partial charge in [-0.1, -0.05) is 48.5 Å². The standard InChI is InChI=1S/C23H25N3O3/c1-2-20(28-19-13-12-16-8-6-7-11-18(16)14-19)23(27)24-15-21-25-22(26-29-21)17-9-4-3-5-10-17/h3-5,9-10,12-14,20H,2,6-8,11,15H2,1H3,(H,24,27). The first-order valence-corrected chi connectivity index (χ1v) is 10.2. The summed E-state index contributed by atoms with van der Waals surface area (Å²) in [7, 11) is 0. The molecule has 1 atom stereocenters. The van der Waals surface area contributed by atoms with Crippen LogP contribution in [0.5, 0.6) is 5.75 Å². The maximum Gasteiger partial charge on any atom is 0.261 e. The van der Waals surface area contributed by atoms with E-state index in [4.69, 9.17) is 9.26 Å². The molecule has 0 aliphatic heterocycles. The monoisotopic (exact) mass is 391 g/mol. The fourth-order valence-electron chi connectivity index (χ4n) is 3.58. The Balaban J connectivity index is 1.35. The molecule has 6 heteroatoms. The summed E-state index contributed by atoms with van der Waals surface area (Å²) in [6.07, 6.45) is 4.67. The topological polar surface area (TPSA) is 77.2 Å². The van der Waals surface area contributed by atoms with Gasteiger partial charge in [-0.2, -0.15) is 4.98 Å². The van der Waals surface area contributed by atoms with Crippen molar-refractivity contribution in [3.8, 4) is 17.1 Å². The molecule has 6 nitrogen and oxygen atoms in total. The van der Waals surface area contributed by atoms with Gasteiger partial charge in [0.05, 0.1) is 6.54 Å². The molecule has 0 radical (unpaired) electrons. The highest BCUT2D eigenvalue weighted by Crippen LogP contribution is 2.26. The lowest BCUT2D eigenvalue weighted by Crippen LogP contribution is -2.37. The van der Waals surface area contributed by atoms with E-state index in [0.717, 1.165) is 24.2 Å². The van der Waals surface area contributed by atoms with Gasteiger partial charge < -0.3 is 14.6 Å². The van der Waals surface area contributed by atoms with Gasteiger partial charge in [0, 0.05) is 5.56 Å². The molecule has 0 spiro atoms. The molecule has 1 amide bonds. The van der Waals surface area contributed by atoms with Crippen molar-refractivity contribution in [3.05, 3.63) is 65.5 Å². The molecule has 1 aliphatic carbocycles. The molecule has 2 aromatic carbocycles. The zero-order valence-electron chi connectivity index (χ0n) is 16.6. The van der Waals surface area contributed by atoms with E-state index in [2.05, 4.69) is 27.6 Å². The van der Waals surface area contributed by atoms with Crippen LogP contribution in [0, 0.1) is 0 Å². The van der Waals surface area contributed by atoms with E-state index in [-0.39, 0.29) is 12.5 Å². The second-order valence-corrected chi connectivity index (χ2v) is 7.25. The van der Waals surface area contributed by atoms with Crippen LogP contribution in [0.2, 0.25) is 0 Å². The molecule has 4 rings (SSSR count). The fourth-order valence-corrected chi connectivity index (χ4v) is 3.58. The summed E-state index contributed by atoms with van der Waals surface area (Å²) in [4.78, 5) is 16.9. The van der Waals surface area contributed by atoms with Gasteiger partial charge in [-0.3, -0.25) is 4.79 Å². The number of carbonyl (C=O) groups is 1. The van der Waals surface area contributed by atoms with E-state index in [1.807, 2.05) is 43.3 Å². The van der Waals surface area contributed by atoms with Crippen molar-refractivity contribution < 1.29 is 14.1 Å². The summed E-state index contributed by atoms with van der Waals surface area (Å²) in [5.41, 5.74) is 3.60. The van der Waals surface area contributed by atoms with Gasteiger partial charge in [0.1, 0.15) is 5.75 Å². The van der Waals surface area contributed by atoms with Crippen molar-refractivity contribution in [3.63, 3.8) is 0 Å². The zero-order valence-corrected chi connectivity index (χ0v) is 16.6. The minimum Gasteiger partial charge on any atom is -0.481 e. The van der Waals surface area contributed by atoms with Crippen LogP contribution in [-0.4, -0.2) is 22.2 Å². The van der Waals surface area contributed by atoms with Gasteiger partial charge in [-0.05, 0) is 55.4 Å². The minimum atomic E-state index is -0.562. The number of ether oxygens (including phenoxy) is 1. The SMILES string of the molecule is CCC(Oc1ccc2c(c1)CCCC2)C(=O)NCc1nc(-c2ccccc2)no1. The highest BCUT2D eigenvalue weighted by atomic mass is 16.5. The molecule has 1 aliphatic rings. The number of amides is 1. The molecule has 3 aromatic rings. The van der Waals surface area contributed by atoms with E-state index in [0.29, 0.717) is 18.1 Å². The molecule has 29 heavy (non-hydrogen) atoms. The largest absolute Gasteiger partial charge is 0.481 e. The van der Waals surface area contributed by atoms with Gasteiger partial charge in [0.25, 0.3) is 5.91 Å². The highest BCUT2D eigenvalue weighted by Gasteiger charge is 2.20. The normalized spacial score (nSPS) is 14.1. The molecule has 1 N–H and O–H groups in total. The summed E-state index contributed by atoms with van der Waals surface area (Å²) in [5.74, 6) is 1.43. The van der Waals surface area contributed by atoms with E-state index in [1.165, 1.54) is 24.0 Å². The van der Waals surface area contributed by atoms with Gasteiger partial charge in [0.2, 0.25) is 11.7 Å². The van der Waals surface area contributed by atoms with Crippen LogP contribution in [0.25, 0.3) is 11.4 Å². The molecule has 150 valence electrons. The van der Waals surface area contributed by atoms with E-state index in [1.54, 1.807) is 0 Å². The molecule has 0 fully saturated rings. The van der Waals surface area contributed by atoms with Gasteiger partial charge in [-0.25, -0.2) is 0 Å². The van der Waals surface area contributed by atoms with Crippen LogP contribution >= 0.6 is 0 Å². The molecule has 1 heterocycles. The zero-order chi connectivity index (χ0) is 20.1. The predicted molar refractivity (Wildman–Crippen MR) is 109 cm³/mol. The van der Waals surface area contributed by atoms with Crippen LogP contribution in [0.3, 0.4) is 0 Å². The highest BCUT2D eigenvalue weighted by molar-refractivity contribution is 5.81. The number of hydrogen-bond acceptors (Lipinski definition) is 5. The van der Waals surface area contributed by atoms with Crippen molar-refractivity contribution >= 4 is 5.91 Å². The summed E-state index contributed by atoms with van der Waals surface area (Å²) in [5, 5.41) is 6.81. The number of nitrogens with zero attached hydrogens (tertiary/aromatic N) is 2. The Morgan fingerprint density at radius 2 is 1.93 bits per heavy atom. The Hall–Kier alpha value is -3.15. The van der Waals surface area contributed by atoms with Crippen molar-refractivity contribution in [2.24, 2.45) is 0 Å². The van der Waals surface area contributed by atoms with Gasteiger partial charge >= 0.3 is 0 Å². The molecule has 0 bridgehead atoms. The molecular formula is C23H25N3O3. The number of nitrogens with one attached hydrogen (secondary N) is 1. The number of fused-ring (bicyclic) bond motifs is 1. The second kappa shape index (κ2) is 8.90. The third-order valence-corrected chi connectivity index (χ3v) is 5.18. The number of hydrogen-bond donors (Lipinski definition) is 1. The molecule has 1 aromatic heterocycles. The third kappa shape index (κ3) is 4.65. The Morgan fingerprint density at radius 1 is 1.14 bits per heavy atom. The van der Waals surface area contributed by atoms with Crippen molar-refractivity contribution in [2.45, 2.75) is 51.7 Å². The van der Waals surface area contributed by atoms with E-state index in [9.17, 15) is 4.79 Å². The average molecular weight is 391 g/mol. The maximum atomic E-state index is 12.6. The van der Waals surface area contributed by atoms with Crippen LogP contribution in [0.4, 0.5) is 0 Å². The average Bonchev–Trinajstić information content (AvgIpc) is 3.25. The maximum absolute atomic E-state index is 12.6. The Bertz CT molecular complexity index is 969. The van der Waals surface area contributed by atoms with Crippen molar-refractivity contribution in [2.75, 3.05) is 0 Å². The Morgan fingerprint density at radius 3 is 2.72 bits per heavy atom. The van der Waals surface area contributed by atoms with Crippen molar-refractivity contribution in [1.82, 2.24) is 15.5 Å². The smallest absolute Gasteiger partial charge is 0.261 e. The fraction of sp³-hybridized carbons (Fsp3) is 0.348. The Kier molecular flexibility index (Phi) is 5.89. The summed E-state index contributed by atoms with van der Waals surface area (Å²) < 4.78 is 11.2. The van der Waals surface area contributed by atoms with Gasteiger partial charge in [-0.15, -0.1) is 0 Å². The first-order chi connectivity index (χ1) is 14.2. The number of benzene rings is 2. The summed E-state index contributed by atoms with van der Waals surface area (Å²) >= 11 is 0. The minimum absolute atomic E-state index is 0.169. The Labute approximate surface area is 170 Å². The van der Waals surface area contributed by atoms with E-state index < -0.39 is 6.10 Å². The van der Waals surface area contributed by atoms with Crippen molar-refractivity contribution in [1.29, 1.82) is 0 Å². The predicted octanol–water partition coefficient (Wildman–Crippen LogP) is 4.09. The summed E-state index contributed by atoms with van der Waals surface area (Å²) in [6.45, 7) is 2.10. The molecule has 1 unspecified atom stereocenters. The van der Waals surface area contributed by atoms with Crippen LogP contribution in [0.15, 0.2) is 53.1 Å². The van der Waals surface area contributed by atoms with Crippen LogP contribution in [0.1, 0.15) is 43.2 Å². The quantitative estimate of drug-likeness (QED) is 0.656. The first-order valence-electron chi connectivity index (χ1n) is 10.2. The van der Waals surface area contributed by atoms with Gasteiger partial charge in [0.15, 0.2) is 6.10 Å². The number of rotatable bonds is 7.